The van der Waals surface area contributed by atoms with E-state index < -0.39 is 17.1 Å². The lowest BCUT2D eigenvalue weighted by Crippen LogP contribution is -2.38. The summed E-state index contributed by atoms with van der Waals surface area (Å²) in [7, 11) is 1.63. The predicted molar refractivity (Wildman–Crippen MR) is 139 cm³/mol. The lowest BCUT2D eigenvalue weighted by atomic mass is 9.87. The molecule has 0 aliphatic carbocycles. The van der Waals surface area contributed by atoms with E-state index in [1.807, 2.05) is 32.9 Å². The van der Waals surface area contributed by atoms with E-state index in [2.05, 4.69) is 10.3 Å². The normalized spacial score (nSPS) is 19.9. The van der Waals surface area contributed by atoms with Crippen LogP contribution in [0.1, 0.15) is 45.5 Å². The van der Waals surface area contributed by atoms with Gasteiger partial charge in [-0.2, -0.15) is 0 Å². The molecule has 5 rings (SSSR count). The fourth-order valence-corrected chi connectivity index (χ4v) is 5.03. The first-order valence-corrected chi connectivity index (χ1v) is 12.5. The van der Waals surface area contributed by atoms with Gasteiger partial charge in [-0.1, -0.05) is 20.8 Å². The minimum absolute atomic E-state index is 0.0885. The minimum atomic E-state index is -1.14. The van der Waals surface area contributed by atoms with Crippen LogP contribution < -0.4 is 10.1 Å². The topological polar surface area (TPSA) is 134 Å². The number of hydrogen-bond donors (Lipinski definition) is 2. The molecule has 0 radical (unpaired) electrons. The smallest absolute Gasteiger partial charge is 0.416 e. The average Bonchev–Trinajstić information content (AvgIpc) is 3.44. The first kappa shape index (κ1) is 26.1. The lowest BCUT2D eigenvalue weighted by molar-refractivity contribution is -0.114. The van der Waals surface area contributed by atoms with Crippen LogP contribution in [0.3, 0.4) is 0 Å². The molecule has 0 saturated carbocycles. The van der Waals surface area contributed by atoms with Crippen LogP contribution in [0, 0.1) is 0 Å². The van der Waals surface area contributed by atoms with Crippen LogP contribution in [0.5, 0.6) is 5.75 Å². The summed E-state index contributed by atoms with van der Waals surface area (Å²) in [4.78, 5) is 33.7. The van der Waals surface area contributed by atoms with E-state index in [1.165, 1.54) is 17.7 Å². The maximum Gasteiger partial charge on any atom is 0.416 e. The van der Waals surface area contributed by atoms with Gasteiger partial charge in [-0.3, -0.25) is 4.79 Å². The summed E-state index contributed by atoms with van der Waals surface area (Å²) in [6, 6.07) is 5.35. The number of nitrogens with zero attached hydrogens (tertiary/aromatic N) is 3. The van der Waals surface area contributed by atoms with Gasteiger partial charge in [0.2, 0.25) is 5.91 Å². The van der Waals surface area contributed by atoms with E-state index >= 15 is 0 Å². The second-order valence-corrected chi connectivity index (χ2v) is 10.7. The van der Waals surface area contributed by atoms with Gasteiger partial charge in [-0.15, -0.1) is 0 Å². The number of fused-ring (bicyclic) bond motifs is 1. The second kappa shape index (κ2) is 9.64. The van der Waals surface area contributed by atoms with E-state index in [4.69, 9.17) is 23.9 Å². The van der Waals surface area contributed by atoms with Crippen LogP contribution in [-0.2, 0) is 30.0 Å². The molecule has 2 N–H and O–H groups in total. The van der Waals surface area contributed by atoms with Gasteiger partial charge in [0, 0.05) is 61.3 Å². The van der Waals surface area contributed by atoms with Crippen molar-refractivity contribution in [1.29, 1.82) is 0 Å². The molecule has 0 spiro atoms. The highest BCUT2D eigenvalue weighted by molar-refractivity contribution is 6.04. The summed E-state index contributed by atoms with van der Waals surface area (Å²) < 4.78 is 24.4. The molecule has 2 aliphatic rings. The zero-order valence-corrected chi connectivity index (χ0v) is 22.2. The van der Waals surface area contributed by atoms with Gasteiger partial charge < -0.3 is 29.4 Å². The molecule has 2 saturated heterocycles. The number of hydrogen-bond acceptors (Lipinski definition) is 8. The Morgan fingerprint density at radius 1 is 1.21 bits per heavy atom. The number of pyridine rings is 2. The number of amides is 1. The van der Waals surface area contributed by atoms with Crippen LogP contribution >= 0.6 is 0 Å². The third-order valence-corrected chi connectivity index (χ3v) is 6.87. The molecular formula is C27H32N4O7. The van der Waals surface area contributed by atoms with Crippen molar-refractivity contribution in [2.75, 3.05) is 38.9 Å². The largest absolute Gasteiger partial charge is 0.485 e. The molecule has 3 aromatic rings. The predicted octanol–water partition coefficient (Wildman–Crippen LogP) is 3.92. The standard InChI is InChI=1S/C27H32N4O7/c1-15(32)29-22-10-18-20(11-28-22)31(25(33)34)24(26(2,3)4)23(18)19-8-16(38-17-12-37-13-17)9-21(30-19)27(35-5)6-7-36-14-27/h8-11,17H,6-7,12-14H2,1-5H3,(H,33,34)(H,28,29,32). The number of carbonyl (C=O) groups excluding carboxylic acids is 1. The molecule has 0 bridgehead atoms. The minimum Gasteiger partial charge on any atom is -0.485 e. The molecule has 1 amide bonds. The first-order chi connectivity index (χ1) is 18.0. The fourth-order valence-electron chi connectivity index (χ4n) is 5.03. The van der Waals surface area contributed by atoms with Crippen LogP contribution in [0.15, 0.2) is 24.4 Å². The summed E-state index contributed by atoms with van der Waals surface area (Å²) in [5.74, 6) is 0.605. The molecule has 1 atom stereocenters. The van der Waals surface area contributed by atoms with Crippen molar-refractivity contribution in [3.8, 4) is 17.0 Å². The number of carbonyl (C=O) groups is 2. The maximum atomic E-state index is 12.6. The Bertz CT molecular complexity index is 1400. The summed E-state index contributed by atoms with van der Waals surface area (Å²) in [5.41, 5.74) is 1.34. The average molecular weight is 525 g/mol. The zero-order valence-electron chi connectivity index (χ0n) is 22.2. The monoisotopic (exact) mass is 524 g/mol. The van der Waals surface area contributed by atoms with Crippen LogP contribution in [-0.4, -0.2) is 71.3 Å². The molecule has 11 heteroatoms. The molecule has 38 heavy (non-hydrogen) atoms. The summed E-state index contributed by atoms with van der Waals surface area (Å²) >= 11 is 0. The lowest BCUT2D eigenvalue weighted by Gasteiger charge is -2.29. The van der Waals surface area contributed by atoms with Crippen LogP contribution in [0.4, 0.5) is 10.6 Å². The Kier molecular flexibility index (Phi) is 6.62. The first-order valence-electron chi connectivity index (χ1n) is 12.5. The second-order valence-electron chi connectivity index (χ2n) is 10.7. The maximum absolute atomic E-state index is 12.6. The van der Waals surface area contributed by atoms with Gasteiger partial charge >= 0.3 is 6.09 Å². The molecule has 2 aliphatic heterocycles. The number of ether oxygens (including phenoxy) is 4. The van der Waals surface area contributed by atoms with E-state index in [0.29, 0.717) is 78.0 Å². The third-order valence-electron chi connectivity index (χ3n) is 6.87. The van der Waals surface area contributed by atoms with Crippen LogP contribution in [0.2, 0.25) is 0 Å². The van der Waals surface area contributed by atoms with Crippen molar-refractivity contribution in [3.63, 3.8) is 0 Å². The summed E-state index contributed by atoms with van der Waals surface area (Å²) in [6.45, 7) is 9.07. The SMILES string of the molecule is COC1(c2cc(OC3COC3)cc(-c3c(C(C)(C)C)n(C(=O)O)c4cnc(NC(C)=O)cc34)n2)CCOC1. The molecule has 202 valence electrons. The Morgan fingerprint density at radius 2 is 1.97 bits per heavy atom. The number of methoxy groups -OCH3 is 1. The Hall–Kier alpha value is -3.54. The van der Waals surface area contributed by atoms with Gasteiger partial charge in [0.25, 0.3) is 0 Å². The van der Waals surface area contributed by atoms with Crippen molar-refractivity contribution in [3.05, 3.63) is 35.8 Å². The van der Waals surface area contributed by atoms with Crippen LogP contribution in [0.25, 0.3) is 22.2 Å². The van der Waals surface area contributed by atoms with E-state index in [-0.39, 0.29) is 12.0 Å². The zero-order chi connectivity index (χ0) is 27.2. The van der Waals surface area contributed by atoms with E-state index in [1.54, 1.807) is 13.2 Å². The van der Waals surface area contributed by atoms with Gasteiger partial charge in [0.05, 0.1) is 42.9 Å². The highest BCUT2D eigenvalue weighted by Gasteiger charge is 2.40. The van der Waals surface area contributed by atoms with Crippen molar-refractivity contribution in [2.24, 2.45) is 0 Å². The number of anilines is 1. The Balaban J connectivity index is 1.82. The third kappa shape index (κ3) is 4.61. The van der Waals surface area contributed by atoms with Gasteiger partial charge in [-0.25, -0.2) is 19.3 Å². The van der Waals surface area contributed by atoms with E-state index in [0.717, 1.165) is 0 Å². The highest BCUT2D eigenvalue weighted by Crippen LogP contribution is 2.43. The van der Waals surface area contributed by atoms with Gasteiger partial charge in [-0.05, 0) is 6.07 Å². The Morgan fingerprint density at radius 3 is 2.53 bits per heavy atom. The summed E-state index contributed by atoms with van der Waals surface area (Å²) in [6.07, 6.45) is 0.847. The quantitative estimate of drug-likeness (QED) is 0.492. The fraction of sp³-hybridized carbons (Fsp3) is 0.481. The number of aromatic nitrogens is 3. The number of rotatable bonds is 6. The molecule has 11 nitrogen and oxygen atoms in total. The van der Waals surface area contributed by atoms with Crippen molar-refractivity contribution >= 4 is 28.7 Å². The summed E-state index contributed by atoms with van der Waals surface area (Å²) in [5, 5.41) is 13.6. The van der Waals surface area contributed by atoms with E-state index in [9.17, 15) is 14.7 Å². The molecule has 2 fully saturated rings. The molecular weight excluding hydrogens is 492 g/mol. The van der Waals surface area contributed by atoms with Crippen molar-refractivity contribution in [2.45, 2.75) is 51.2 Å². The molecule has 1 unspecified atom stereocenters. The van der Waals surface area contributed by atoms with Gasteiger partial charge in [0.15, 0.2) is 0 Å². The number of carboxylic acid groups (broad SMARTS) is 1. The molecule has 3 aromatic heterocycles. The molecule has 5 heterocycles. The number of nitrogens with one attached hydrogen (secondary N) is 1. The molecule has 0 aromatic carbocycles. The highest BCUT2D eigenvalue weighted by atomic mass is 16.6. The Labute approximate surface area is 220 Å². The van der Waals surface area contributed by atoms with Crippen molar-refractivity contribution < 1.29 is 33.6 Å². The van der Waals surface area contributed by atoms with Crippen molar-refractivity contribution in [1.82, 2.24) is 14.5 Å². The van der Waals surface area contributed by atoms with Gasteiger partial charge in [0.1, 0.15) is 23.3 Å².